The third-order valence-corrected chi connectivity index (χ3v) is 5.64. The normalized spacial score (nSPS) is 19.3. The number of ether oxygens (including phenoxy) is 3. The van der Waals surface area contributed by atoms with Gasteiger partial charge < -0.3 is 29.4 Å². The SMILES string of the molecule is COc1ccc2c(CN3CC(NC(=O)OC(C)(C)C)CC(NC(=O)OC(C)(C)C)C3)cn(C)c2c1. The number of piperidine rings is 1. The summed E-state index contributed by atoms with van der Waals surface area (Å²) in [7, 11) is 3.68. The fourth-order valence-corrected chi connectivity index (χ4v) is 4.42. The maximum Gasteiger partial charge on any atom is 0.407 e. The average molecular weight is 489 g/mol. The number of methoxy groups -OCH3 is 1. The van der Waals surface area contributed by atoms with E-state index in [4.69, 9.17) is 14.2 Å². The van der Waals surface area contributed by atoms with E-state index in [1.54, 1.807) is 7.11 Å². The lowest BCUT2D eigenvalue weighted by Gasteiger charge is -2.38. The van der Waals surface area contributed by atoms with Gasteiger partial charge in [-0.3, -0.25) is 4.90 Å². The number of carbonyl (C=O) groups is 2. The summed E-state index contributed by atoms with van der Waals surface area (Å²) in [5.41, 5.74) is 1.08. The molecular weight excluding hydrogens is 448 g/mol. The first kappa shape index (κ1) is 26.7. The van der Waals surface area contributed by atoms with E-state index in [1.165, 1.54) is 5.56 Å². The number of alkyl carbamates (subject to hydrolysis) is 2. The van der Waals surface area contributed by atoms with E-state index in [-0.39, 0.29) is 12.1 Å². The van der Waals surface area contributed by atoms with Crippen LogP contribution < -0.4 is 15.4 Å². The van der Waals surface area contributed by atoms with Crippen molar-refractivity contribution in [3.63, 3.8) is 0 Å². The fourth-order valence-electron chi connectivity index (χ4n) is 4.42. The van der Waals surface area contributed by atoms with Crippen LogP contribution in [-0.2, 0) is 23.1 Å². The lowest BCUT2D eigenvalue weighted by atomic mass is 10.00. The second-order valence-corrected chi connectivity index (χ2v) is 11.3. The van der Waals surface area contributed by atoms with Crippen LogP contribution in [0.4, 0.5) is 9.59 Å². The number of carbonyl (C=O) groups excluding carboxylic acids is 2. The molecule has 2 N–H and O–H groups in total. The van der Waals surface area contributed by atoms with Gasteiger partial charge in [-0.15, -0.1) is 0 Å². The predicted octanol–water partition coefficient (Wildman–Crippen LogP) is 4.18. The Morgan fingerprint density at radius 1 is 0.971 bits per heavy atom. The van der Waals surface area contributed by atoms with Gasteiger partial charge in [0.2, 0.25) is 0 Å². The number of fused-ring (bicyclic) bond motifs is 1. The van der Waals surface area contributed by atoms with Crippen molar-refractivity contribution in [3.05, 3.63) is 30.0 Å². The Balaban J connectivity index is 1.77. The number of rotatable bonds is 5. The number of nitrogens with zero attached hydrogens (tertiary/aromatic N) is 2. The fraction of sp³-hybridized carbons (Fsp3) is 0.615. The van der Waals surface area contributed by atoms with E-state index in [2.05, 4.69) is 32.4 Å². The van der Waals surface area contributed by atoms with E-state index >= 15 is 0 Å². The standard InChI is InChI=1S/C26H40N4O5/c1-25(2,3)34-23(31)27-18-11-19(28-24(32)35-26(4,5)6)16-30(15-18)14-17-13-29(7)22-12-20(33-8)9-10-21(17)22/h9-10,12-13,18-19H,11,14-16H2,1-8H3,(H,27,31)(H,28,32). The summed E-state index contributed by atoms with van der Waals surface area (Å²) < 4.78 is 18.4. The molecule has 0 bridgehead atoms. The quantitative estimate of drug-likeness (QED) is 0.656. The van der Waals surface area contributed by atoms with Gasteiger partial charge in [0.15, 0.2) is 0 Å². The predicted molar refractivity (Wildman–Crippen MR) is 136 cm³/mol. The van der Waals surface area contributed by atoms with Gasteiger partial charge in [0, 0.05) is 56.4 Å². The lowest BCUT2D eigenvalue weighted by molar-refractivity contribution is 0.0409. The van der Waals surface area contributed by atoms with Crippen LogP contribution in [0.1, 0.15) is 53.5 Å². The highest BCUT2D eigenvalue weighted by Crippen LogP contribution is 2.27. The van der Waals surface area contributed by atoms with Crippen molar-refractivity contribution >= 4 is 23.1 Å². The minimum absolute atomic E-state index is 0.186. The largest absolute Gasteiger partial charge is 0.497 e. The molecule has 9 heteroatoms. The second kappa shape index (κ2) is 10.4. The molecule has 1 fully saturated rings. The highest BCUT2D eigenvalue weighted by Gasteiger charge is 2.32. The lowest BCUT2D eigenvalue weighted by Crippen LogP contribution is -2.57. The van der Waals surface area contributed by atoms with E-state index < -0.39 is 23.4 Å². The molecule has 1 aromatic carbocycles. The first-order chi connectivity index (χ1) is 16.2. The molecular formula is C26H40N4O5. The van der Waals surface area contributed by atoms with Crippen molar-refractivity contribution < 1.29 is 23.8 Å². The minimum Gasteiger partial charge on any atom is -0.497 e. The summed E-state index contributed by atoms with van der Waals surface area (Å²) in [6.45, 7) is 13.0. The zero-order valence-corrected chi connectivity index (χ0v) is 22.2. The molecule has 2 unspecified atom stereocenters. The van der Waals surface area contributed by atoms with Crippen LogP contribution in [0.15, 0.2) is 24.4 Å². The van der Waals surface area contributed by atoms with Gasteiger partial charge in [-0.2, -0.15) is 0 Å². The highest BCUT2D eigenvalue weighted by atomic mass is 16.6. The van der Waals surface area contributed by atoms with Gasteiger partial charge in [0.1, 0.15) is 17.0 Å². The smallest absolute Gasteiger partial charge is 0.407 e. The van der Waals surface area contributed by atoms with Gasteiger partial charge in [-0.1, -0.05) is 0 Å². The minimum atomic E-state index is -0.587. The van der Waals surface area contributed by atoms with Gasteiger partial charge in [-0.05, 0) is 65.7 Å². The van der Waals surface area contributed by atoms with Crippen molar-refractivity contribution in [2.75, 3.05) is 20.2 Å². The number of aryl methyl sites for hydroxylation is 1. The first-order valence-electron chi connectivity index (χ1n) is 12.1. The maximum atomic E-state index is 12.5. The molecule has 0 radical (unpaired) electrons. The Bertz CT molecular complexity index is 1010. The molecule has 2 heterocycles. The Labute approximate surface area is 208 Å². The Morgan fingerprint density at radius 3 is 2.00 bits per heavy atom. The molecule has 0 saturated carbocycles. The third kappa shape index (κ3) is 7.78. The molecule has 0 aliphatic carbocycles. The van der Waals surface area contributed by atoms with Crippen molar-refractivity contribution in [1.29, 1.82) is 0 Å². The first-order valence-corrected chi connectivity index (χ1v) is 12.1. The number of benzene rings is 1. The molecule has 1 aliphatic rings. The third-order valence-electron chi connectivity index (χ3n) is 5.64. The van der Waals surface area contributed by atoms with Gasteiger partial charge in [0.05, 0.1) is 12.6 Å². The van der Waals surface area contributed by atoms with Crippen molar-refractivity contribution in [3.8, 4) is 5.75 Å². The van der Waals surface area contributed by atoms with Gasteiger partial charge in [-0.25, -0.2) is 9.59 Å². The summed E-state index contributed by atoms with van der Waals surface area (Å²) in [4.78, 5) is 27.2. The van der Waals surface area contributed by atoms with Gasteiger partial charge in [0.25, 0.3) is 0 Å². The number of likely N-dealkylation sites (tertiary alicyclic amines) is 1. The maximum absolute atomic E-state index is 12.5. The molecule has 3 rings (SSSR count). The molecule has 1 aromatic heterocycles. The van der Waals surface area contributed by atoms with Crippen LogP contribution >= 0.6 is 0 Å². The second-order valence-electron chi connectivity index (χ2n) is 11.3. The molecule has 0 spiro atoms. The summed E-state index contributed by atoms with van der Waals surface area (Å²) >= 11 is 0. The van der Waals surface area contributed by atoms with E-state index in [0.717, 1.165) is 16.7 Å². The zero-order valence-electron chi connectivity index (χ0n) is 22.2. The van der Waals surface area contributed by atoms with Crippen molar-refractivity contribution in [2.24, 2.45) is 7.05 Å². The average Bonchev–Trinajstić information content (AvgIpc) is 2.99. The van der Waals surface area contributed by atoms with Crippen LogP contribution in [0, 0.1) is 0 Å². The number of hydrogen-bond acceptors (Lipinski definition) is 6. The van der Waals surface area contributed by atoms with E-state index in [0.29, 0.717) is 26.1 Å². The van der Waals surface area contributed by atoms with Crippen LogP contribution in [0.25, 0.3) is 10.9 Å². The molecule has 35 heavy (non-hydrogen) atoms. The zero-order chi connectivity index (χ0) is 26.0. The van der Waals surface area contributed by atoms with Crippen LogP contribution in [-0.4, -0.2) is 65.1 Å². The Hall–Kier alpha value is -2.94. The Kier molecular flexibility index (Phi) is 7.89. The Morgan fingerprint density at radius 2 is 1.51 bits per heavy atom. The molecule has 9 nitrogen and oxygen atoms in total. The van der Waals surface area contributed by atoms with Crippen LogP contribution in [0.5, 0.6) is 5.75 Å². The van der Waals surface area contributed by atoms with Crippen molar-refractivity contribution in [2.45, 2.75) is 77.8 Å². The number of nitrogens with one attached hydrogen (secondary N) is 2. The van der Waals surface area contributed by atoms with Gasteiger partial charge >= 0.3 is 12.2 Å². The van der Waals surface area contributed by atoms with E-state index in [9.17, 15) is 9.59 Å². The monoisotopic (exact) mass is 488 g/mol. The number of aromatic nitrogens is 1. The summed E-state index contributed by atoms with van der Waals surface area (Å²) in [5, 5.41) is 7.11. The molecule has 2 aromatic rings. The molecule has 1 saturated heterocycles. The molecule has 2 amide bonds. The molecule has 2 atom stereocenters. The topological polar surface area (TPSA) is 94.1 Å². The summed E-state index contributed by atoms with van der Waals surface area (Å²) in [6, 6.07) is 5.68. The van der Waals surface area contributed by atoms with Crippen LogP contribution in [0.3, 0.4) is 0 Å². The number of amides is 2. The highest BCUT2D eigenvalue weighted by molar-refractivity contribution is 5.85. The number of hydrogen-bond donors (Lipinski definition) is 2. The summed E-state index contributed by atoms with van der Waals surface area (Å²) in [6.07, 6.45) is 1.78. The summed E-state index contributed by atoms with van der Waals surface area (Å²) in [5.74, 6) is 0.812. The molecule has 1 aliphatic heterocycles. The van der Waals surface area contributed by atoms with E-state index in [1.807, 2.05) is 60.7 Å². The van der Waals surface area contributed by atoms with Crippen LogP contribution in [0.2, 0.25) is 0 Å². The van der Waals surface area contributed by atoms with Crippen molar-refractivity contribution in [1.82, 2.24) is 20.1 Å². The molecule has 194 valence electrons.